The highest BCUT2D eigenvalue weighted by Gasteiger charge is 2.44. The van der Waals surface area contributed by atoms with Crippen LogP contribution in [0.5, 0.6) is 5.75 Å². The van der Waals surface area contributed by atoms with E-state index < -0.39 is 12.0 Å². The van der Waals surface area contributed by atoms with Crippen molar-refractivity contribution in [3.63, 3.8) is 0 Å². The lowest BCUT2D eigenvalue weighted by molar-refractivity contribution is -0.149. The number of carbonyl (C=O) groups excluding carboxylic acids is 1. The van der Waals surface area contributed by atoms with Crippen molar-refractivity contribution >= 4 is 11.7 Å². The first-order valence-corrected chi connectivity index (χ1v) is 7.32. The Balaban J connectivity index is 1.92. The van der Waals surface area contributed by atoms with Crippen molar-refractivity contribution in [3.05, 3.63) is 54.0 Å². The van der Waals surface area contributed by atoms with E-state index in [9.17, 15) is 4.79 Å². The molecule has 0 radical (unpaired) electrons. The largest absolute Gasteiger partial charge is 0.497 e. The van der Waals surface area contributed by atoms with Gasteiger partial charge in [-0.25, -0.2) is 0 Å². The van der Waals surface area contributed by atoms with Crippen LogP contribution in [-0.2, 0) is 14.4 Å². The van der Waals surface area contributed by atoms with E-state index in [-0.39, 0.29) is 12.6 Å². The van der Waals surface area contributed by atoms with Crippen LogP contribution in [0.15, 0.2) is 52.2 Å². The molecule has 0 saturated heterocycles. The SMILES string of the molecule is CCOC(=O)[C@H]1C(c2ccc(OC)cc2)=NO[C@H]1c1ccco1. The number of esters is 1. The van der Waals surface area contributed by atoms with Gasteiger partial charge >= 0.3 is 5.97 Å². The lowest BCUT2D eigenvalue weighted by atomic mass is 9.91. The molecule has 0 spiro atoms. The molecule has 0 unspecified atom stereocenters. The summed E-state index contributed by atoms with van der Waals surface area (Å²) in [5.74, 6) is 0.203. The fraction of sp³-hybridized carbons (Fsp3) is 0.294. The molecule has 120 valence electrons. The number of benzene rings is 1. The average molecular weight is 315 g/mol. The molecule has 0 N–H and O–H groups in total. The molecule has 23 heavy (non-hydrogen) atoms. The van der Waals surface area contributed by atoms with Gasteiger partial charge in [0.1, 0.15) is 23.1 Å². The summed E-state index contributed by atoms with van der Waals surface area (Å²) < 4.78 is 15.7. The van der Waals surface area contributed by atoms with Crippen molar-refractivity contribution in [2.24, 2.45) is 11.1 Å². The van der Waals surface area contributed by atoms with E-state index in [0.717, 1.165) is 11.3 Å². The van der Waals surface area contributed by atoms with Gasteiger partial charge in [-0.15, -0.1) is 0 Å². The van der Waals surface area contributed by atoms with Gasteiger partial charge in [-0.2, -0.15) is 0 Å². The van der Waals surface area contributed by atoms with Crippen molar-refractivity contribution < 1.29 is 23.5 Å². The van der Waals surface area contributed by atoms with E-state index in [4.69, 9.17) is 18.7 Å². The zero-order valence-corrected chi connectivity index (χ0v) is 12.9. The molecule has 1 aliphatic rings. The average Bonchev–Trinajstić information content (AvgIpc) is 3.24. The lowest BCUT2D eigenvalue weighted by Gasteiger charge is -2.16. The minimum atomic E-state index is -0.672. The first kappa shape index (κ1) is 15.1. The van der Waals surface area contributed by atoms with Crippen LogP contribution >= 0.6 is 0 Å². The summed E-state index contributed by atoms with van der Waals surface area (Å²) in [6.45, 7) is 2.05. The Morgan fingerprint density at radius 1 is 1.26 bits per heavy atom. The van der Waals surface area contributed by atoms with E-state index in [0.29, 0.717) is 11.5 Å². The van der Waals surface area contributed by atoms with Crippen LogP contribution in [0.1, 0.15) is 24.4 Å². The molecule has 0 amide bonds. The maximum Gasteiger partial charge on any atom is 0.319 e. The molecule has 0 saturated carbocycles. The van der Waals surface area contributed by atoms with E-state index in [1.165, 1.54) is 6.26 Å². The molecule has 0 fully saturated rings. The van der Waals surface area contributed by atoms with Crippen molar-refractivity contribution in [2.45, 2.75) is 13.0 Å². The van der Waals surface area contributed by atoms with Crippen LogP contribution in [0.2, 0.25) is 0 Å². The topological polar surface area (TPSA) is 70.3 Å². The third-order valence-electron chi connectivity index (χ3n) is 3.61. The summed E-state index contributed by atoms with van der Waals surface area (Å²) in [5, 5.41) is 4.10. The quantitative estimate of drug-likeness (QED) is 0.793. The molecule has 0 bridgehead atoms. The summed E-state index contributed by atoms with van der Waals surface area (Å²) >= 11 is 0. The number of methoxy groups -OCH3 is 1. The van der Waals surface area contributed by atoms with Crippen molar-refractivity contribution in [3.8, 4) is 5.75 Å². The minimum absolute atomic E-state index is 0.288. The molecule has 1 aromatic carbocycles. The van der Waals surface area contributed by atoms with Crippen LogP contribution in [0.3, 0.4) is 0 Å². The number of oxime groups is 1. The second kappa shape index (κ2) is 6.56. The third-order valence-corrected chi connectivity index (χ3v) is 3.61. The van der Waals surface area contributed by atoms with Crippen LogP contribution in [0, 0.1) is 5.92 Å². The van der Waals surface area contributed by atoms with Gasteiger partial charge in [0.05, 0.1) is 20.0 Å². The first-order chi connectivity index (χ1) is 11.2. The number of ether oxygens (including phenoxy) is 2. The Morgan fingerprint density at radius 2 is 2.04 bits per heavy atom. The number of hydrogen-bond donors (Lipinski definition) is 0. The van der Waals surface area contributed by atoms with Gasteiger partial charge in [-0.3, -0.25) is 4.79 Å². The second-order valence-corrected chi connectivity index (χ2v) is 4.98. The fourth-order valence-electron chi connectivity index (χ4n) is 2.51. The number of hydrogen-bond acceptors (Lipinski definition) is 6. The Labute approximate surface area is 133 Å². The van der Waals surface area contributed by atoms with Gasteiger partial charge in [0.2, 0.25) is 6.10 Å². The molecule has 1 aromatic heterocycles. The van der Waals surface area contributed by atoms with Gasteiger partial charge in [-0.05, 0) is 43.3 Å². The number of furan rings is 1. The molecule has 6 nitrogen and oxygen atoms in total. The van der Waals surface area contributed by atoms with Crippen LogP contribution in [0.25, 0.3) is 0 Å². The smallest absolute Gasteiger partial charge is 0.319 e. The Kier molecular flexibility index (Phi) is 4.32. The molecule has 0 aliphatic carbocycles. The number of nitrogens with zero attached hydrogens (tertiary/aromatic N) is 1. The predicted octanol–water partition coefficient (Wildman–Crippen LogP) is 2.94. The van der Waals surface area contributed by atoms with Crippen molar-refractivity contribution in [1.82, 2.24) is 0 Å². The molecule has 1 aliphatic heterocycles. The zero-order valence-electron chi connectivity index (χ0n) is 12.9. The second-order valence-electron chi connectivity index (χ2n) is 4.98. The predicted molar refractivity (Wildman–Crippen MR) is 82.2 cm³/mol. The van der Waals surface area contributed by atoms with Crippen molar-refractivity contribution in [2.75, 3.05) is 13.7 Å². The first-order valence-electron chi connectivity index (χ1n) is 7.32. The van der Waals surface area contributed by atoms with E-state index in [1.54, 1.807) is 38.3 Å². The van der Waals surface area contributed by atoms with Crippen LogP contribution < -0.4 is 4.74 Å². The summed E-state index contributed by atoms with van der Waals surface area (Å²) in [6, 6.07) is 10.8. The zero-order chi connectivity index (χ0) is 16.2. The highest BCUT2D eigenvalue weighted by Crippen LogP contribution is 2.36. The maximum absolute atomic E-state index is 12.4. The lowest BCUT2D eigenvalue weighted by Crippen LogP contribution is -2.28. The monoisotopic (exact) mass is 315 g/mol. The number of rotatable bonds is 5. The fourth-order valence-corrected chi connectivity index (χ4v) is 2.51. The Bertz CT molecular complexity index is 690. The van der Waals surface area contributed by atoms with Gasteiger partial charge in [0.25, 0.3) is 0 Å². The molecule has 2 aromatic rings. The highest BCUT2D eigenvalue weighted by atomic mass is 16.7. The standard InChI is InChI=1S/C17H17NO5/c1-3-21-17(19)14-15(11-6-8-12(20-2)9-7-11)18-23-16(14)13-5-4-10-22-13/h4-10,14,16H,3H2,1-2H3/t14-,16-/m0/s1. The van der Waals surface area contributed by atoms with Crippen LogP contribution in [-0.4, -0.2) is 25.4 Å². The summed E-state index contributed by atoms with van der Waals surface area (Å²) in [6.07, 6.45) is 0.910. The third kappa shape index (κ3) is 2.92. The maximum atomic E-state index is 12.4. The summed E-state index contributed by atoms with van der Waals surface area (Å²) in [4.78, 5) is 17.9. The van der Waals surface area contributed by atoms with Gasteiger partial charge in [0.15, 0.2) is 0 Å². The van der Waals surface area contributed by atoms with Crippen LogP contribution in [0.4, 0.5) is 0 Å². The van der Waals surface area contributed by atoms with E-state index in [1.807, 2.05) is 12.1 Å². The summed E-state index contributed by atoms with van der Waals surface area (Å²) in [5.41, 5.74) is 1.30. The summed E-state index contributed by atoms with van der Waals surface area (Å²) in [7, 11) is 1.60. The molecule has 6 heteroatoms. The van der Waals surface area contributed by atoms with Crippen molar-refractivity contribution in [1.29, 1.82) is 0 Å². The molecule has 2 heterocycles. The van der Waals surface area contributed by atoms with E-state index >= 15 is 0 Å². The normalized spacial score (nSPS) is 19.8. The molecule has 3 rings (SSSR count). The van der Waals surface area contributed by atoms with Gasteiger partial charge < -0.3 is 18.7 Å². The Morgan fingerprint density at radius 3 is 2.65 bits per heavy atom. The molecular weight excluding hydrogens is 298 g/mol. The number of carbonyl (C=O) groups is 1. The molecular formula is C17H17NO5. The highest BCUT2D eigenvalue weighted by molar-refractivity contribution is 6.12. The van der Waals surface area contributed by atoms with Gasteiger partial charge in [-0.1, -0.05) is 5.16 Å². The van der Waals surface area contributed by atoms with Gasteiger partial charge in [0, 0.05) is 5.56 Å². The Hall–Kier alpha value is -2.76. The molecule has 2 atom stereocenters. The minimum Gasteiger partial charge on any atom is -0.497 e. The van der Waals surface area contributed by atoms with E-state index in [2.05, 4.69) is 5.16 Å².